The largest absolute Gasteiger partial charge is 0.342 e. The Balaban J connectivity index is 1.54. The molecule has 0 heterocycles. The fraction of sp³-hybridized carbons (Fsp3) is 0.938. The van der Waals surface area contributed by atoms with Gasteiger partial charge < -0.3 is 10.2 Å². The highest BCUT2D eigenvalue weighted by atomic mass is 16.2. The van der Waals surface area contributed by atoms with Crippen LogP contribution in [0.25, 0.3) is 0 Å². The Morgan fingerprint density at radius 3 is 2.00 bits per heavy atom. The zero-order chi connectivity index (χ0) is 13.4. The number of carbonyl (C=O) groups excluding carboxylic acids is 1. The van der Waals surface area contributed by atoms with E-state index in [1.54, 1.807) is 0 Å². The van der Waals surface area contributed by atoms with Crippen LogP contribution in [0.3, 0.4) is 0 Å². The number of rotatable bonds is 5. The van der Waals surface area contributed by atoms with Crippen LogP contribution in [0.5, 0.6) is 0 Å². The molecule has 108 valence electrons. The first kappa shape index (κ1) is 13.4. The van der Waals surface area contributed by atoms with Gasteiger partial charge >= 0.3 is 0 Å². The van der Waals surface area contributed by atoms with Crippen LogP contribution < -0.4 is 5.32 Å². The minimum Gasteiger partial charge on any atom is -0.342 e. The molecule has 19 heavy (non-hydrogen) atoms. The normalized spacial score (nSPS) is 39.6. The van der Waals surface area contributed by atoms with E-state index in [9.17, 15) is 4.79 Å². The second kappa shape index (κ2) is 5.43. The lowest BCUT2D eigenvalue weighted by Gasteiger charge is -2.54. The number of likely N-dealkylation sites (N-methyl/N-ethyl adjacent to an activating group) is 1. The van der Waals surface area contributed by atoms with Crippen LogP contribution in [0.1, 0.15) is 46.0 Å². The van der Waals surface area contributed by atoms with Gasteiger partial charge in [0.2, 0.25) is 5.91 Å². The van der Waals surface area contributed by atoms with E-state index in [1.165, 1.54) is 32.1 Å². The van der Waals surface area contributed by atoms with E-state index < -0.39 is 0 Å². The van der Waals surface area contributed by atoms with Crippen LogP contribution in [-0.4, -0.2) is 36.5 Å². The summed E-state index contributed by atoms with van der Waals surface area (Å²) in [5.41, 5.74) is 0. The first-order valence-corrected chi connectivity index (χ1v) is 8.22. The fourth-order valence-corrected chi connectivity index (χ4v) is 5.15. The highest BCUT2D eigenvalue weighted by Gasteiger charge is 2.47. The van der Waals surface area contributed by atoms with E-state index in [2.05, 4.69) is 19.2 Å². The molecule has 0 aromatic carbocycles. The smallest absolute Gasteiger partial charge is 0.236 e. The van der Waals surface area contributed by atoms with Crippen LogP contribution >= 0.6 is 0 Å². The van der Waals surface area contributed by atoms with Gasteiger partial charge in [-0.25, -0.2) is 0 Å². The standard InChI is InChI=1S/C16H28N2O/c1-3-18(4-2)15(19)10-17-16-13-6-11-5-12(8-13)9-14(16)7-11/h11-14,16-17H,3-10H2,1-2H3. The van der Waals surface area contributed by atoms with Gasteiger partial charge in [0.15, 0.2) is 0 Å². The molecule has 1 amide bonds. The predicted molar refractivity (Wildman–Crippen MR) is 76.8 cm³/mol. The molecular weight excluding hydrogens is 236 g/mol. The van der Waals surface area contributed by atoms with Gasteiger partial charge in [-0.1, -0.05) is 0 Å². The topological polar surface area (TPSA) is 32.3 Å². The van der Waals surface area contributed by atoms with E-state index in [0.29, 0.717) is 12.6 Å². The zero-order valence-corrected chi connectivity index (χ0v) is 12.4. The van der Waals surface area contributed by atoms with Gasteiger partial charge in [-0.2, -0.15) is 0 Å². The fourth-order valence-electron chi connectivity index (χ4n) is 5.15. The van der Waals surface area contributed by atoms with Crippen LogP contribution in [0.15, 0.2) is 0 Å². The Labute approximate surface area is 117 Å². The molecule has 0 unspecified atom stereocenters. The molecule has 4 aliphatic carbocycles. The summed E-state index contributed by atoms with van der Waals surface area (Å²) in [7, 11) is 0. The molecule has 0 spiro atoms. The Bertz CT molecular complexity index is 310. The summed E-state index contributed by atoms with van der Waals surface area (Å²) in [4.78, 5) is 14.0. The van der Waals surface area contributed by atoms with Crippen molar-refractivity contribution >= 4 is 5.91 Å². The molecule has 3 heteroatoms. The van der Waals surface area contributed by atoms with Crippen molar-refractivity contribution in [2.45, 2.75) is 52.0 Å². The molecule has 0 radical (unpaired) electrons. The molecule has 4 saturated carbocycles. The Morgan fingerprint density at radius 1 is 1.00 bits per heavy atom. The second-order valence-electron chi connectivity index (χ2n) is 6.90. The summed E-state index contributed by atoms with van der Waals surface area (Å²) in [5, 5.41) is 3.62. The second-order valence-corrected chi connectivity index (χ2v) is 6.90. The van der Waals surface area contributed by atoms with Crippen molar-refractivity contribution in [1.29, 1.82) is 0 Å². The van der Waals surface area contributed by atoms with Crippen molar-refractivity contribution in [3.8, 4) is 0 Å². The van der Waals surface area contributed by atoms with Crippen LogP contribution in [0, 0.1) is 23.7 Å². The minimum absolute atomic E-state index is 0.277. The van der Waals surface area contributed by atoms with Gasteiger partial charge in [-0.3, -0.25) is 4.79 Å². The quantitative estimate of drug-likeness (QED) is 0.826. The molecule has 4 rings (SSSR count). The van der Waals surface area contributed by atoms with Crippen molar-refractivity contribution in [2.75, 3.05) is 19.6 Å². The molecule has 0 aromatic heterocycles. The number of nitrogens with zero attached hydrogens (tertiary/aromatic N) is 1. The summed E-state index contributed by atoms with van der Waals surface area (Å²) < 4.78 is 0. The van der Waals surface area contributed by atoms with Crippen molar-refractivity contribution in [3.63, 3.8) is 0 Å². The van der Waals surface area contributed by atoms with Crippen LogP contribution in [0.2, 0.25) is 0 Å². The van der Waals surface area contributed by atoms with E-state index in [4.69, 9.17) is 0 Å². The highest BCUT2D eigenvalue weighted by molar-refractivity contribution is 5.78. The summed E-state index contributed by atoms with van der Waals surface area (Å²) in [6.07, 6.45) is 7.18. The first-order chi connectivity index (χ1) is 9.21. The highest BCUT2D eigenvalue weighted by Crippen LogP contribution is 2.53. The Hall–Kier alpha value is -0.570. The van der Waals surface area contributed by atoms with Gasteiger partial charge in [0.25, 0.3) is 0 Å². The van der Waals surface area contributed by atoms with Crippen molar-refractivity contribution < 1.29 is 4.79 Å². The lowest BCUT2D eigenvalue weighted by molar-refractivity contribution is -0.130. The van der Waals surface area contributed by atoms with E-state index in [-0.39, 0.29) is 5.91 Å². The van der Waals surface area contributed by atoms with Crippen LogP contribution in [-0.2, 0) is 4.79 Å². The van der Waals surface area contributed by atoms with E-state index in [1.807, 2.05) is 4.90 Å². The van der Waals surface area contributed by atoms with Gasteiger partial charge in [-0.15, -0.1) is 0 Å². The maximum Gasteiger partial charge on any atom is 0.236 e. The summed E-state index contributed by atoms with van der Waals surface area (Å²) in [6, 6.07) is 0.632. The molecule has 0 aromatic rings. The average molecular weight is 264 g/mol. The van der Waals surface area contributed by atoms with Gasteiger partial charge in [0, 0.05) is 19.1 Å². The third-order valence-corrected chi connectivity index (χ3v) is 5.83. The number of amides is 1. The third-order valence-electron chi connectivity index (χ3n) is 5.83. The minimum atomic E-state index is 0.277. The number of carbonyl (C=O) groups is 1. The summed E-state index contributed by atoms with van der Waals surface area (Å²) in [5.74, 6) is 4.03. The molecule has 3 nitrogen and oxygen atoms in total. The molecule has 0 saturated heterocycles. The van der Waals surface area contributed by atoms with Gasteiger partial charge in [-0.05, 0) is 69.6 Å². The first-order valence-electron chi connectivity index (χ1n) is 8.22. The van der Waals surface area contributed by atoms with Crippen LogP contribution in [0.4, 0.5) is 0 Å². The van der Waals surface area contributed by atoms with E-state index in [0.717, 1.165) is 36.8 Å². The maximum absolute atomic E-state index is 12.1. The predicted octanol–water partition coefficient (Wildman–Crippen LogP) is 2.27. The lowest BCUT2D eigenvalue weighted by Crippen LogP contribution is -2.56. The van der Waals surface area contributed by atoms with Gasteiger partial charge in [0.05, 0.1) is 6.54 Å². The Kier molecular flexibility index (Phi) is 3.84. The van der Waals surface area contributed by atoms with Gasteiger partial charge in [0.1, 0.15) is 0 Å². The van der Waals surface area contributed by atoms with Crippen molar-refractivity contribution in [2.24, 2.45) is 23.7 Å². The molecular formula is C16H28N2O. The molecule has 4 aliphatic rings. The molecule has 1 N–H and O–H groups in total. The third kappa shape index (κ3) is 2.54. The maximum atomic E-state index is 12.1. The SMILES string of the molecule is CCN(CC)C(=O)CNC1C2CC3CC(C2)CC1C3. The monoisotopic (exact) mass is 264 g/mol. The summed E-state index contributed by atoms with van der Waals surface area (Å²) >= 11 is 0. The van der Waals surface area contributed by atoms with Crippen molar-refractivity contribution in [1.82, 2.24) is 10.2 Å². The summed E-state index contributed by atoms with van der Waals surface area (Å²) in [6.45, 7) is 6.33. The number of hydrogen-bond donors (Lipinski definition) is 1. The number of hydrogen-bond acceptors (Lipinski definition) is 2. The van der Waals surface area contributed by atoms with Crippen molar-refractivity contribution in [3.05, 3.63) is 0 Å². The Morgan fingerprint density at radius 2 is 1.53 bits per heavy atom. The number of nitrogens with one attached hydrogen (secondary N) is 1. The van der Waals surface area contributed by atoms with E-state index >= 15 is 0 Å². The molecule has 4 fully saturated rings. The molecule has 0 aliphatic heterocycles. The molecule has 4 bridgehead atoms. The average Bonchev–Trinajstić information content (AvgIpc) is 2.38. The zero-order valence-electron chi connectivity index (χ0n) is 12.4. The molecule has 0 atom stereocenters. The lowest BCUT2D eigenvalue weighted by atomic mass is 9.54.